The summed E-state index contributed by atoms with van der Waals surface area (Å²) in [6.07, 6.45) is 2.85. The number of ether oxygens (including phenoxy) is 1. The van der Waals surface area contributed by atoms with Gasteiger partial charge in [-0.2, -0.15) is 0 Å². The van der Waals surface area contributed by atoms with Crippen molar-refractivity contribution in [3.63, 3.8) is 0 Å². The van der Waals surface area contributed by atoms with Crippen molar-refractivity contribution in [3.05, 3.63) is 22.4 Å². The molecule has 1 atom stereocenters. The Kier molecular flexibility index (Phi) is 3.45. The highest BCUT2D eigenvalue weighted by Crippen LogP contribution is 2.38. The van der Waals surface area contributed by atoms with Crippen LogP contribution in [0.25, 0.3) is 0 Å². The van der Waals surface area contributed by atoms with E-state index in [9.17, 15) is 0 Å². The van der Waals surface area contributed by atoms with Crippen molar-refractivity contribution in [1.29, 1.82) is 0 Å². The zero-order valence-electron chi connectivity index (χ0n) is 11.7. The molecule has 1 aliphatic rings. The topological polar surface area (TPSA) is 34.1 Å². The van der Waals surface area contributed by atoms with E-state index >= 15 is 0 Å². The Labute approximate surface area is 117 Å². The lowest BCUT2D eigenvalue weighted by atomic mass is 9.94. The quantitative estimate of drug-likeness (QED) is 0.841. The van der Waals surface area contributed by atoms with Gasteiger partial charge in [0.15, 0.2) is 0 Å². The Morgan fingerprint density at radius 3 is 2.56 bits per heavy atom. The molecule has 18 heavy (non-hydrogen) atoms. The monoisotopic (exact) mass is 312 g/mol. The van der Waals surface area contributed by atoms with Gasteiger partial charge in [0.25, 0.3) is 0 Å². The summed E-state index contributed by atoms with van der Waals surface area (Å²) in [6.45, 7) is 10.6. The molecule has 1 aliphatic heterocycles. The number of pyridine rings is 1. The number of halogens is 1. The first-order chi connectivity index (χ1) is 8.20. The molecule has 0 amide bonds. The van der Waals surface area contributed by atoms with Crippen molar-refractivity contribution in [3.8, 4) is 0 Å². The van der Waals surface area contributed by atoms with Crippen LogP contribution < -0.4 is 5.32 Å². The second-order valence-electron chi connectivity index (χ2n) is 6.20. The van der Waals surface area contributed by atoms with Gasteiger partial charge in [0.2, 0.25) is 0 Å². The van der Waals surface area contributed by atoms with Gasteiger partial charge in [-0.3, -0.25) is 0 Å². The Hall–Kier alpha value is -0.610. The number of nitrogens with one attached hydrogen (secondary N) is 1. The molecule has 0 saturated carbocycles. The van der Waals surface area contributed by atoms with Crippen LogP contribution in [0.2, 0.25) is 0 Å². The number of aromatic nitrogens is 1. The summed E-state index contributed by atoms with van der Waals surface area (Å²) in [6, 6.07) is 2.41. The lowest BCUT2D eigenvalue weighted by Gasteiger charge is -2.28. The van der Waals surface area contributed by atoms with Gasteiger partial charge in [-0.1, -0.05) is 0 Å². The molecule has 4 heteroatoms. The standard InChI is InChI=1S/C14H21BrN2O/c1-9-6-10(8-16-12(9)15)17-11-7-13(2,3)18-14(11,4)5/h6,8,11,17H,7H2,1-5H3. The van der Waals surface area contributed by atoms with Gasteiger partial charge in [-0.25, -0.2) is 4.98 Å². The van der Waals surface area contributed by atoms with Crippen molar-refractivity contribution < 1.29 is 4.74 Å². The second kappa shape index (κ2) is 4.49. The first-order valence-electron chi connectivity index (χ1n) is 6.28. The van der Waals surface area contributed by atoms with E-state index in [4.69, 9.17) is 4.74 Å². The number of anilines is 1. The van der Waals surface area contributed by atoms with Crippen LogP contribution in [0.3, 0.4) is 0 Å². The van der Waals surface area contributed by atoms with Crippen molar-refractivity contribution in [2.24, 2.45) is 0 Å². The average molecular weight is 313 g/mol. The molecule has 100 valence electrons. The highest BCUT2D eigenvalue weighted by Gasteiger charge is 2.45. The van der Waals surface area contributed by atoms with E-state index < -0.39 is 0 Å². The van der Waals surface area contributed by atoms with Crippen LogP contribution >= 0.6 is 15.9 Å². The lowest BCUT2D eigenvalue weighted by Crippen LogP contribution is -2.38. The first-order valence-corrected chi connectivity index (χ1v) is 7.08. The fourth-order valence-electron chi connectivity index (χ4n) is 2.63. The minimum atomic E-state index is -0.162. The van der Waals surface area contributed by atoms with Crippen molar-refractivity contribution in [2.45, 2.75) is 58.3 Å². The zero-order chi connectivity index (χ0) is 13.6. The highest BCUT2D eigenvalue weighted by molar-refractivity contribution is 9.10. The molecule has 2 rings (SSSR count). The van der Waals surface area contributed by atoms with E-state index in [-0.39, 0.29) is 11.2 Å². The van der Waals surface area contributed by atoms with E-state index in [1.165, 1.54) is 0 Å². The number of hydrogen-bond acceptors (Lipinski definition) is 3. The summed E-state index contributed by atoms with van der Waals surface area (Å²) in [5.74, 6) is 0. The number of aryl methyl sites for hydroxylation is 1. The third-order valence-electron chi connectivity index (χ3n) is 3.43. The van der Waals surface area contributed by atoms with Crippen molar-refractivity contribution in [2.75, 3.05) is 5.32 Å². The average Bonchev–Trinajstić information content (AvgIpc) is 2.40. The third-order valence-corrected chi connectivity index (χ3v) is 4.26. The smallest absolute Gasteiger partial charge is 0.109 e. The zero-order valence-corrected chi connectivity index (χ0v) is 13.3. The minimum absolute atomic E-state index is 0.0704. The van der Waals surface area contributed by atoms with Crippen LogP contribution in [-0.2, 0) is 4.74 Å². The first kappa shape index (κ1) is 13.8. The lowest BCUT2D eigenvalue weighted by molar-refractivity contribution is -0.0662. The molecular formula is C14H21BrN2O. The molecule has 1 aromatic rings. The van der Waals surface area contributed by atoms with Crippen LogP contribution in [0, 0.1) is 6.92 Å². The van der Waals surface area contributed by atoms with Gasteiger partial charge >= 0.3 is 0 Å². The summed E-state index contributed by atoms with van der Waals surface area (Å²) < 4.78 is 6.98. The van der Waals surface area contributed by atoms with Gasteiger partial charge in [-0.15, -0.1) is 0 Å². The SMILES string of the molecule is Cc1cc(NC2CC(C)(C)OC2(C)C)cnc1Br. The summed E-state index contributed by atoms with van der Waals surface area (Å²) in [5, 5.41) is 3.55. The Balaban J connectivity index is 2.16. The molecule has 2 heterocycles. The summed E-state index contributed by atoms with van der Waals surface area (Å²) in [5.41, 5.74) is 1.95. The van der Waals surface area contributed by atoms with Crippen LogP contribution in [0.1, 0.15) is 39.7 Å². The number of nitrogens with zero attached hydrogens (tertiary/aromatic N) is 1. The fourth-order valence-corrected chi connectivity index (χ4v) is 2.84. The predicted molar refractivity (Wildman–Crippen MR) is 77.9 cm³/mol. The largest absolute Gasteiger partial charge is 0.378 e. The molecule has 3 nitrogen and oxygen atoms in total. The number of hydrogen-bond donors (Lipinski definition) is 1. The van der Waals surface area contributed by atoms with Crippen LogP contribution in [0.4, 0.5) is 5.69 Å². The van der Waals surface area contributed by atoms with Crippen LogP contribution in [0.5, 0.6) is 0 Å². The highest BCUT2D eigenvalue weighted by atomic mass is 79.9. The molecule has 0 bridgehead atoms. The van der Waals surface area contributed by atoms with Gasteiger partial charge in [-0.05, 0) is 68.6 Å². The molecule has 1 fully saturated rings. The Bertz CT molecular complexity index is 457. The molecule has 0 aliphatic carbocycles. The van der Waals surface area contributed by atoms with E-state index in [0.717, 1.165) is 22.3 Å². The molecule has 1 N–H and O–H groups in total. The Morgan fingerprint density at radius 1 is 1.39 bits per heavy atom. The molecule has 1 aromatic heterocycles. The molecule has 1 saturated heterocycles. The molecule has 0 aromatic carbocycles. The van der Waals surface area contributed by atoms with Crippen LogP contribution in [0.15, 0.2) is 16.9 Å². The van der Waals surface area contributed by atoms with Gasteiger partial charge in [0.05, 0.1) is 29.1 Å². The van der Waals surface area contributed by atoms with Crippen molar-refractivity contribution in [1.82, 2.24) is 4.98 Å². The van der Waals surface area contributed by atoms with E-state index in [1.807, 2.05) is 13.1 Å². The fraction of sp³-hybridized carbons (Fsp3) is 0.643. The van der Waals surface area contributed by atoms with Gasteiger partial charge < -0.3 is 10.1 Å². The maximum absolute atomic E-state index is 6.08. The molecular weight excluding hydrogens is 292 g/mol. The second-order valence-corrected chi connectivity index (χ2v) is 6.95. The minimum Gasteiger partial charge on any atom is -0.378 e. The molecule has 0 radical (unpaired) electrons. The van der Waals surface area contributed by atoms with Gasteiger partial charge in [0, 0.05) is 0 Å². The maximum atomic E-state index is 6.08. The normalized spacial score (nSPS) is 25.1. The van der Waals surface area contributed by atoms with Crippen molar-refractivity contribution >= 4 is 21.6 Å². The molecule has 0 spiro atoms. The number of rotatable bonds is 2. The summed E-state index contributed by atoms with van der Waals surface area (Å²) in [4.78, 5) is 4.32. The predicted octanol–water partition coefficient (Wildman–Crippen LogP) is 3.91. The Morgan fingerprint density at radius 2 is 2.06 bits per heavy atom. The maximum Gasteiger partial charge on any atom is 0.109 e. The van der Waals surface area contributed by atoms with E-state index in [0.29, 0.717) is 6.04 Å². The van der Waals surface area contributed by atoms with E-state index in [2.05, 4.69) is 60.0 Å². The van der Waals surface area contributed by atoms with Gasteiger partial charge in [0.1, 0.15) is 4.60 Å². The van der Waals surface area contributed by atoms with Crippen LogP contribution in [-0.4, -0.2) is 22.2 Å². The summed E-state index contributed by atoms with van der Waals surface area (Å²) >= 11 is 3.42. The third kappa shape index (κ3) is 2.86. The van der Waals surface area contributed by atoms with E-state index in [1.54, 1.807) is 0 Å². The summed E-state index contributed by atoms with van der Waals surface area (Å²) in [7, 11) is 0. The molecule has 1 unspecified atom stereocenters.